The summed E-state index contributed by atoms with van der Waals surface area (Å²) in [5, 5.41) is 28.5. The topological polar surface area (TPSA) is 194 Å². The lowest BCUT2D eigenvalue weighted by atomic mass is 9.85. The number of rotatable bonds is 14. The molecule has 5 amide bonds. The molecular weight excluding hydrogens is 632 g/mol. The molecule has 0 bridgehead atoms. The summed E-state index contributed by atoms with van der Waals surface area (Å²) in [6.45, 7) is 12.4. The molecule has 0 spiro atoms. The number of carboxylic acid groups (broad SMARTS) is 2. The van der Waals surface area contributed by atoms with Crippen molar-refractivity contribution in [3.8, 4) is 0 Å². The zero-order valence-electron chi connectivity index (χ0n) is 28.3. The maximum absolute atomic E-state index is 14.1. The lowest BCUT2D eigenvalue weighted by Gasteiger charge is -2.38. The Balaban J connectivity index is 1.76. The number of carboxylic acids is 2. The first kappa shape index (κ1) is 38.2. The number of nitrogens with zero attached hydrogens (tertiary/aromatic N) is 1. The second-order valence-corrected chi connectivity index (χ2v) is 14.6. The third-order valence-corrected chi connectivity index (χ3v) is 9.33. The van der Waals surface area contributed by atoms with E-state index >= 15 is 0 Å². The number of aliphatic carboxylic acids is 1. The number of likely N-dealkylation sites (tertiary alicyclic amines) is 1. The predicted octanol–water partition coefficient (Wildman–Crippen LogP) is 2.49. The van der Waals surface area contributed by atoms with Gasteiger partial charge in [-0.3, -0.25) is 14.4 Å². The van der Waals surface area contributed by atoms with Gasteiger partial charge in [-0.1, -0.05) is 60.6 Å². The first-order valence-electron chi connectivity index (χ1n) is 16.0. The fourth-order valence-electron chi connectivity index (χ4n) is 6.39. The number of halogens is 2. The van der Waals surface area contributed by atoms with E-state index in [1.807, 2.05) is 13.8 Å². The normalized spacial score (nSPS) is 21.5. The standard InChI is InChI=1S/C33H47F2N5O8/c1-16(2)23(30(46)47)38-31(48)39-25(32(3,4)5)28(43)40-15-19-22(33(19,6)7)24(40)27(42)37-20(14-21(34)35)26(41)36-13-12-17-8-10-18(11-9-17)29(44)45/h8-11,16,19-25H,12-15H2,1-7H3,(H,36,41)(H,37,42)(H,44,45)(H,46,47)(H2,38,39,48)/t19-,20-,22-,23-,24-,25+/m0/s1. The van der Waals surface area contributed by atoms with Crippen molar-refractivity contribution >= 4 is 35.7 Å². The van der Waals surface area contributed by atoms with E-state index in [4.69, 9.17) is 5.11 Å². The van der Waals surface area contributed by atoms with E-state index in [1.54, 1.807) is 46.8 Å². The molecule has 1 aliphatic heterocycles. The number of hydrogen-bond acceptors (Lipinski definition) is 6. The summed E-state index contributed by atoms with van der Waals surface area (Å²) in [5.41, 5.74) is -0.423. The van der Waals surface area contributed by atoms with Crippen LogP contribution in [-0.4, -0.2) is 94.5 Å². The van der Waals surface area contributed by atoms with Crippen LogP contribution < -0.4 is 21.3 Å². The number of carbonyl (C=O) groups is 6. The molecule has 3 rings (SSSR count). The molecule has 13 nitrogen and oxygen atoms in total. The Hall–Kier alpha value is -4.30. The van der Waals surface area contributed by atoms with Crippen molar-refractivity contribution in [2.75, 3.05) is 13.1 Å². The number of nitrogens with one attached hydrogen (secondary N) is 4. The van der Waals surface area contributed by atoms with Crippen LogP contribution in [0.2, 0.25) is 0 Å². The highest BCUT2D eigenvalue weighted by Gasteiger charge is 2.70. The van der Waals surface area contributed by atoms with Crippen molar-refractivity contribution in [3.63, 3.8) is 0 Å². The van der Waals surface area contributed by atoms with Gasteiger partial charge in [0.15, 0.2) is 0 Å². The SMILES string of the molecule is CC(C)[C@H](NC(=O)N[C@H](C(=O)N1C[C@H]2[C@@H]([C@H]1C(=O)N[C@@H](CC(F)F)C(=O)NCCc1ccc(C(=O)O)cc1)C2(C)C)C(C)(C)C)C(=O)O. The number of carbonyl (C=O) groups excluding carboxylic acids is 4. The lowest BCUT2D eigenvalue weighted by molar-refractivity contribution is -0.144. The molecule has 48 heavy (non-hydrogen) atoms. The number of fused-ring (bicyclic) bond motifs is 1. The fraction of sp³-hybridized carbons (Fsp3) is 0.636. The number of benzene rings is 1. The Morgan fingerprint density at radius 3 is 2.08 bits per heavy atom. The van der Waals surface area contributed by atoms with Gasteiger partial charge in [0.2, 0.25) is 24.1 Å². The highest BCUT2D eigenvalue weighted by molar-refractivity contribution is 5.96. The molecule has 1 aromatic carbocycles. The summed E-state index contributed by atoms with van der Waals surface area (Å²) in [6, 6.07) is -0.00383. The molecule has 1 aliphatic carbocycles. The molecule has 1 saturated carbocycles. The minimum absolute atomic E-state index is 0.0349. The van der Waals surface area contributed by atoms with E-state index in [2.05, 4.69) is 21.3 Å². The molecule has 0 aromatic heterocycles. The van der Waals surface area contributed by atoms with Crippen LogP contribution in [0.3, 0.4) is 0 Å². The number of hydrogen-bond donors (Lipinski definition) is 6. The van der Waals surface area contributed by atoms with Gasteiger partial charge in [-0.2, -0.15) is 0 Å². The molecule has 6 atom stereocenters. The van der Waals surface area contributed by atoms with E-state index in [0.29, 0.717) is 5.56 Å². The van der Waals surface area contributed by atoms with E-state index in [9.17, 15) is 42.7 Å². The zero-order valence-corrected chi connectivity index (χ0v) is 28.3. The van der Waals surface area contributed by atoms with E-state index in [-0.39, 0.29) is 42.3 Å². The van der Waals surface area contributed by atoms with Crippen LogP contribution in [0.5, 0.6) is 0 Å². The number of aromatic carboxylic acids is 1. The average Bonchev–Trinajstić information content (AvgIpc) is 3.28. The Bertz CT molecular complexity index is 1400. The maximum atomic E-state index is 14.1. The second kappa shape index (κ2) is 14.9. The molecular formula is C33H47F2N5O8. The monoisotopic (exact) mass is 679 g/mol. The number of alkyl halides is 2. The molecule has 1 aromatic rings. The summed E-state index contributed by atoms with van der Waals surface area (Å²) in [7, 11) is 0. The molecule has 1 saturated heterocycles. The fourth-order valence-corrected chi connectivity index (χ4v) is 6.39. The third-order valence-electron chi connectivity index (χ3n) is 9.33. The molecule has 2 aliphatic rings. The Kier molecular flexibility index (Phi) is 11.8. The Labute approximate surface area is 278 Å². The van der Waals surface area contributed by atoms with Crippen molar-refractivity contribution in [2.24, 2.45) is 28.6 Å². The molecule has 0 radical (unpaired) electrons. The number of urea groups is 1. The highest BCUT2D eigenvalue weighted by Crippen LogP contribution is 2.65. The smallest absolute Gasteiger partial charge is 0.335 e. The van der Waals surface area contributed by atoms with Crippen molar-refractivity contribution in [2.45, 2.75) is 91.9 Å². The van der Waals surface area contributed by atoms with E-state index < -0.39 is 84.0 Å². The van der Waals surface area contributed by atoms with Crippen LogP contribution in [0.1, 0.15) is 70.8 Å². The van der Waals surface area contributed by atoms with Gasteiger partial charge >= 0.3 is 18.0 Å². The molecule has 6 N–H and O–H groups in total. The van der Waals surface area contributed by atoms with Crippen LogP contribution in [-0.2, 0) is 25.6 Å². The van der Waals surface area contributed by atoms with Crippen molar-refractivity contribution in [1.82, 2.24) is 26.2 Å². The molecule has 266 valence electrons. The molecule has 1 heterocycles. The van der Waals surface area contributed by atoms with Gasteiger partial charge in [0.1, 0.15) is 24.2 Å². The van der Waals surface area contributed by atoms with Crippen LogP contribution in [0.25, 0.3) is 0 Å². The minimum Gasteiger partial charge on any atom is -0.480 e. The van der Waals surface area contributed by atoms with Gasteiger partial charge in [-0.15, -0.1) is 0 Å². The van der Waals surface area contributed by atoms with E-state index in [1.165, 1.54) is 17.0 Å². The van der Waals surface area contributed by atoms with Crippen molar-refractivity contribution in [1.29, 1.82) is 0 Å². The third kappa shape index (κ3) is 8.98. The van der Waals surface area contributed by atoms with Crippen LogP contribution in [0.15, 0.2) is 24.3 Å². The van der Waals surface area contributed by atoms with Gasteiger partial charge in [0, 0.05) is 19.5 Å². The summed E-state index contributed by atoms with van der Waals surface area (Å²) in [6.07, 6.45) is -3.61. The van der Waals surface area contributed by atoms with Gasteiger partial charge in [0.25, 0.3) is 0 Å². The van der Waals surface area contributed by atoms with Gasteiger partial charge in [-0.25, -0.2) is 23.2 Å². The predicted molar refractivity (Wildman–Crippen MR) is 170 cm³/mol. The molecule has 15 heteroatoms. The van der Waals surface area contributed by atoms with Crippen LogP contribution >= 0.6 is 0 Å². The zero-order chi connectivity index (χ0) is 36.3. The van der Waals surface area contributed by atoms with Crippen LogP contribution in [0.4, 0.5) is 13.6 Å². The number of piperidine rings is 1. The first-order chi connectivity index (χ1) is 22.2. The Morgan fingerprint density at radius 2 is 1.58 bits per heavy atom. The van der Waals surface area contributed by atoms with Crippen molar-refractivity contribution < 1.29 is 47.8 Å². The average molecular weight is 680 g/mol. The first-order valence-corrected chi connectivity index (χ1v) is 16.0. The van der Waals surface area contributed by atoms with Gasteiger partial charge < -0.3 is 36.4 Å². The molecule has 2 fully saturated rings. The second-order valence-electron chi connectivity index (χ2n) is 14.6. The summed E-state index contributed by atoms with van der Waals surface area (Å²) < 4.78 is 27.2. The van der Waals surface area contributed by atoms with Crippen LogP contribution in [0, 0.1) is 28.6 Å². The van der Waals surface area contributed by atoms with Gasteiger partial charge in [-0.05, 0) is 52.7 Å². The molecule has 0 unspecified atom stereocenters. The minimum atomic E-state index is -2.93. The quantitative estimate of drug-likeness (QED) is 0.173. The maximum Gasteiger partial charge on any atom is 0.335 e. The lowest BCUT2D eigenvalue weighted by Crippen LogP contribution is -2.62. The van der Waals surface area contributed by atoms with Gasteiger partial charge in [0.05, 0.1) is 5.56 Å². The van der Waals surface area contributed by atoms with Crippen molar-refractivity contribution in [3.05, 3.63) is 35.4 Å². The summed E-state index contributed by atoms with van der Waals surface area (Å²) >= 11 is 0. The Morgan fingerprint density at radius 1 is 0.979 bits per heavy atom. The largest absolute Gasteiger partial charge is 0.480 e. The van der Waals surface area contributed by atoms with E-state index in [0.717, 1.165) is 0 Å². The summed E-state index contributed by atoms with van der Waals surface area (Å²) in [4.78, 5) is 77.8. The summed E-state index contributed by atoms with van der Waals surface area (Å²) in [5.74, 6) is -5.38. The highest BCUT2D eigenvalue weighted by atomic mass is 19.3. The number of amides is 5.